The molecule has 0 bridgehead atoms. The Morgan fingerprint density at radius 3 is 2.86 bits per heavy atom. The van der Waals surface area contributed by atoms with Crippen LogP contribution >= 0.6 is 0 Å². The quantitative estimate of drug-likeness (QED) is 0.691. The fourth-order valence-electron chi connectivity index (χ4n) is 4.56. The lowest BCUT2D eigenvalue weighted by Crippen LogP contribution is -2.30. The molecule has 2 aliphatic rings. The lowest BCUT2D eigenvalue weighted by atomic mass is 10.0. The van der Waals surface area contributed by atoms with Crippen LogP contribution in [0.25, 0.3) is 10.9 Å². The highest BCUT2D eigenvalue weighted by Gasteiger charge is 2.30. The minimum atomic E-state index is 0.180. The first-order valence-corrected chi connectivity index (χ1v) is 9.95. The number of Topliss-reactive ketones (excluding diaryl/α,β-unsaturated/α-hetero) is 1. The summed E-state index contributed by atoms with van der Waals surface area (Å²) >= 11 is 0. The molecule has 0 saturated carbocycles. The predicted octanol–water partition coefficient (Wildman–Crippen LogP) is 4.27. The predicted molar refractivity (Wildman–Crippen MR) is 108 cm³/mol. The molecule has 1 saturated heterocycles. The largest absolute Gasteiger partial charge is 0.486 e. The highest BCUT2D eigenvalue weighted by Crippen LogP contribution is 2.38. The SMILES string of the molecule is Cc1[nH]c2ccccc2c1C(=O)CN1CCC[C@H]1c1ccc2c(c1)OCCO2. The molecule has 0 spiro atoms. The average molecular weight is 376 g/mol. The zero-order valence-electron chi connectivity index (χ0n) is 16.0. The maximum Gasteiger partial charge on any atom is 0.179 e. The van der Waals surface area contributed by atoms with E-state index in [2.05, 4.69) is 22.0 Å². The molecule has 1 fully saturated rings. The van der Waals surface area contributed by atoms with Crippen molar-refractivity contribution < 1.29 is 14.3 Å². The number of fused-ring (bicyclic) bond motifs is 2. The summed E-state index contributed by atoms with van der Waals surface area (Å²) in [7, 11) is 0. The molecule has 1 N–H and O–H groups in total. The number of ether oxygens (including phenoxy) is 2. The summed E-state index contributed by atoms with van der Waals surface area (Å²) in [5.74, 6) is 1.80. The van der Waals surface area contributed by atoms with Crippen LogP contribution in [0, 0.1) is 6.92 Å². The van der Waals surface area contributed by atoms with Gasteiger partial charge in [-0.2, -0.15) is 0 Å². The molecule has 0 amide bonds. The van der Waals surface area contributed by atoms with Gasteiger partial charge in [0.25, 0.3) is 0 Å². The summed E-state index contributed by atoms with van der Waals surface area (Å²) in [6.45, 7) is 4.53. The second-order valence-electron chi connectivity index (χ2n) is 7.63. The molecule has 0 unspecified atom stereocenters. The minimum absolute atomic E-state index is 0.180. The van der Waals surface area contributed by atoms with Crippen molar-refractivity contribution in [3.8, 4) is 11.5 Å². The third kappa shape index (κ3) is 2.96. The fraction of sp³-hybridized carbons (Fsp3) is 0.348. The number of hydrogen-bond donors (Lipinski definition) is 1. The molecule has 1 atom stereocenters. The van der Waals surface area contributed by atoms with E-state index in [1.807, 2.05) is 37.3 Å². The van der Waals surface area contributed by atoms with Gasteiger partial charge >= 0.3 is 0 Å². The number of ketones is 1. The van der Waals surface area contributed by atoms with Gasteiger partial charge in [0, 0.05) is 28.2 Å². The van der Waals surface area contributed by atoms with E-state index in [1.165, 1.54) is 5.56 Å². The van der Waals surface area contributed by atoms with Gasteiger partial charge in [0.05, 0.1) is 6.54 Å². The Kier molecular flexibility index (Phi) is 4.32. The monoisotopic (exact) mass is 376 g/mol. The molecule has 5 rings (SSSR count). The van der Waals surface area contributed by atoms with Gasteiger partial charge in [-0.15, -0.1) is 0 Å². The second-order valence-corrected chi connectivity index (χ2v) is 7.63. The van der Waals surface area contributed by atoms with Crippen LogP contribution < -0.4 is 9.47 Å². The molecule has 28 heavy (non-hydrogen) atoms. The van der Waals surface area contributed by atoms with Crippen LogP contribution in [0.1, 0.15) is 40.5 Å². The van der Waals surface area contributed by atoms with Crippen LogP contribution in [-0.2, 0) is 0 Å². The lowest BCUT2D eigenvalue weighted by molar-refractivity contribution is 0.0922. The molecule has 144 valence electrons. The standard InChI is InChI=1S/C23H24N2O3/c1-15-23(17-5-2-3-6-18(17)24-15)20(26)14-25-10-4-7-19(25)16-8-9-21-22(13-16)28-12-11-27-21/h2-3,5-6,8-9,13,19,24H,4,7,10-12,14H2,1H3/t19-/m0/s1. The van der Waals surface area contributed by atoms with Crippen molar-refractivity contribution in [2.75, 3.05) is 26.3 Å². The first-order valence-electron chi connectivity index (χ1n) is 9.95. The maximum atomic E-state index is 13.2. The number of aryl methyl sites for hydroxylation is 1. The molecule has 0 radical (unpaired) electrons. The Labute approximate surface area is 164 Å². The molecule has 5 heteroatoms. The van der Waals surface area contributed by atoms with Crippen LogP contribution in [0.3, 0.4) is 0 Å². The van der Waals surface area contributed by atoms with Crippen molar-refractivity contribution in [2.24, 2.45) is 0 Å². The van der Waals surface area contributed by atoms with Gasteiger partial charge < -0.3 is 14.5 Å². The van der Waals surface area contributed by atoms with Crippen molar-refractivity contribution in [3.63, 3.8) is 0 Å². The number of aromatic amines is 1. The summed E-state index contributed by atoms with van der Waals surface area (Å²) in [5.41, 5.74) is 3.99. The third-order valence-electron chi connectivity index (χ3n) is 5.83. The number of aromatic nitrogens is 1. The van der Waals surface area contributed by atoms with Crippen LogP contribution in [0.2, 0.25) is 0 Å². The summed E-state index contributed by atoms with van der Waals surface area (Å²) in [5, 5.41) is 1.01. The molecule has 2 aromatic carbocycles. The zero-order valence-corrected chi connectivity index (χ0v) is 16.0. The molecule has 2 aliphatic heterocycles. The van der Waals surface area contributed by atoms with Crippen LogP contribution in [0.4, 0.5) is 0 Å². The number of H-pyrrole nitrogens is 1. The Bertz CT molecular complexity index is 1040. The zero-order chi connectivity index (χ0) is 19.1. The molecule has 0 aliphatic carbocycles. The number of likely N-dealkylation sites (tertiary alicyclic amines) is 1. The lowest BCUT2D eigenvalue weighted by Gasteiger charge is -2.26. The highest BCUT2D eigenvalue weighted by atomic mass is 16.6. The smallest absolute Gasteiger partial charge is 0.179 e. The topological polar surface area (TPSA) is 54.6 Å². The summed E-state index contributed by atoms with van der Waals surface area (Å²) in [4.78, 5) is 18.8. The first-order chi connectivity index (χ1) is 13.7. The van der Waals surface area contributed by atoms with Gasteiger partial charge in [-0.3, -0.25) is 9.69 Å². The van der Waals surface area contributed by atoms with Gasteiger partial charge in [-0.05, 0) is 50.1 Å². The van der Waals surface area contributed by atoms with Crippen molar-refractivity contribution in [2.45, 2.75) is 25.8 Å². The van der Waals surface area contributed by atoms with E-state index in [0.717, 1.165) is 53.0 Å². The minimum Gasteiger partial charge on any atom is -0.486 e. The number of carbonyl (C=O) groups excluding carboxylic acids is 1. The third-order valence-corrected chi connectivity index (χ3v) is 5.83. The maximum absolute atomic E-state index is 13.2. The van der Waals surface area contributed by atoms with E-state index in [4.69, 9.17) is 9.47 Å². The molecule has 3 heterocycles. The number of para-hydroxylation sites is 1. The Hall–Kier alpha value is -2.79. The van der Waals surface area contributed by atoms with Crippen molar-refractivity contribution in [1.82, 2.24) is 9.88 Å². The summed E-state index contributed by atoms with van der Waals surface area (Å²) < 4.78 is 11.4. The number of nitrogens with zero attached hydrogens (tertiary/aromatic N) is 1. The average Bonchev–Trinajstić information content (AvgIpc) is 3.30. The van der Waals surface area contributed by atoms with Crippen LogP contribution in [0.5, 0.6) is 11.5 Å². The van der Waals surface area contributed by atoms with Gasteiger partial charge in [-0.1, -0.05) is 24.3 Å². The van der Waals surface area contributed by atoms with Gasteiger partial charge in [0.2, 0.25) is 0 Å². The summed E-state index contributed by atoms with van der Waals surface area (Å²) in [6.07, 6.45) is 2.15. The Morgan fingerprint density at radius 2 is 1.96 bits per heavy atom. The van der Waals surface area contributed by atoms with E-state index < -0.39 is 0 Å². The molecular formula is C23H24N2O3. The number of rotatable bonds is 4. The van der Waals surface area contributed by atoms with E-state index in [1.54, 1.807) is 0 Å². The van der Waals surface area contributed by atoms with E-state index in [0.29, 0.717) is 19.8 Å². The number of nitrogens with one attached hydrogen (secondary N) is 1. The van der Waals surface area contributed by atoms with Gasteiger partial charge in [0.15, 0.2) is 17.3 Å². The molecule has 5 nitrogen and oxygen atoms in total. The number of carbonyl (C=O) groups is 1. The molecule has 1 aromatic heterocycles. The van der Waals surface area contributed by atoms with Gasteiger partial charge in [-0.25, -0.2) is 0 Å². The van der Waals surface area contributed by atoms with E-state index >= 15 is 0 Å². The van der Waals surface area contributed by atoms with Crippen molar-refractivity contribution >= 4 is 16.7 Å². The number of benzene rings is 2. The summed E-state index contributed by atoms with van der Waals surface area (Å²) in [6, 6.07) is 14.4. The van der Waals surface area contributed by atoms with E-state index in [-0.39, 0.29) is 11.8 Å². The van der Waals surface area contributed by atoms with E-state index in [9.17, 15) is 4.79 Å². The van der Waals surface area contributed by atoms with Crippen LogP contribution in [0.15, 0.2) is 42.5 Å². The first kappa shape index (κ1) is 17.3. The Morgan fingerprint density at radius 1 is 1.14 bits per heavy atom. The highest BCUT2D eigenvalue weighted by molar-refractivity contribution is 6.10. The van der Waals surface area contributed by atoms with Crippen molar-refractivity contribution in [3.05, 3.63) is 59.3 Å². The molecular weight excluding hydrogens is 352 g/mol. The normalized spacial score (nSPS) is 19.2. The number of hydrogen-bond acceptors (Lipinski definition) is 4. The molecule has 3 aromatic rings. The van der Waals surface area contributed by atoms with Crippen LogP contribution in [-0.4, -0.2) is 42.0 Å². The second kappa shape index (κ2) is 6.99. The van der Waals surface area contributed by atoms with Gasteiger partial charge in [0.1, 0.15) is 13.2 Å². The fourth-order valence-corrected chi connectivity index (χ4v) is 4.56. The van der Waals surface area contributed by atoms with Crippen molar-refractivity contribution in [1.29, 1.82) is 0 Å². The Balaban J connectivity index is 1.40.